The van der Waals surface area contributed by atoms with Crippen molar-refractivity contribution in [2.24, 2.45) is 0 Å². The van der Waals surface area contributed by atoms with Crippen LogP contribution in [0.3, 0.4) is 0 Å². The molecule has 0 saturated heterocycles. The third-order valence-corrected chi connectivity index (χ3v) is 1.41. The van der Waals surface area contributed by atoms with E-state index in [2.05, 4.69) is 41.5 Å². The molecule has 0 amide bonds. The summed E-state index contributed by atoms with van der Waals surface area (Å²) in [6, 6.07) is 0. The fraction of sp³-hybridized carbons (Fsp3) is 0.333. The number of hydrogen-bond donors (Lipinski definition) is 0. The van der Waals surface area contributed by atoms with Gasteiger partial charge in [0, 0.05) is 81.8 Å². The van der Waals surface area contributed by atoms with E-state index in [9.17, 15) is 0 Å². The van der Waals surface area contributed by atoms with Crippen molar-refractivity contribution in [2.75, 3.05) is 39.6 Å². The number of ether oxygens (including phenoxy) is 3. The van der Waals surface area contributed by atoms with Crippen LogP contribution in [-0.4, -0.2) is 39.6 Å². The van der Waals surface area contributed by atoms with Crippen LogP contribution in [0.2, 0.25) is 0 Å². The molecule has 5 heteroatoms. The van der Waals surface area contributed by atoms with Crippen LogP contribution in [0, 0.1) is 80.1 Å². The zero-order chi connectivity index (χ0) is 16.6. The molecule has 140 valence electrons. The van der Waals surface area contributed by atoms with E-state index in [0.29, 0.717) is 39.6 Å². The maximum absolute atomic E-state index is 4.90. The molecular formula is C18H30O3Pt2. The van der Waals surface area contributed by atoms with Gasteiger partial charge in [-0.15, -0.1) is 0 Å². The maximum atomic E-state index is 4.90. The van der Waals surface area contributed by atoms with Crippen LogP contribution >= 0.6 is 0 Å². The normalized spacial score (nSPS) is 8.61. The second-order valence-corrected chi connectivity index (χ2v) is 3.34. The van der Waals surface area contributed by atoms with E-state index >= 15 is 0 Å². The summed E-state index contributed by atoms with van der Waals surface area (Å²) in [5.41, 5.74) is 0. The minimum Gasteiger partial charge on any atom is -0.381 e. The summed E-state index contributed by atoms with van der Waals surface area (Å²) in [7, 11) is 0. The zero-order valence-electron chi connectivity index (χ0n) is 13.8. The molecule has 0 aliphatic heterocycles. The van der Waals surface area contributed by atoms with E-state index in [0.717, 1.165) is 0 Å². The summed E-state index contributed by atoms with van der Waals surface area (Å²) in [4.78, 5) is 0. The van der Waals surface area contributed by atoms with Gasteiger partial charge in [-0.3, -0.25) is 0 Å². The standard InChI is InChI=1S/3C6H10O.2Pt/c3*1-3-5-7-6-4-2;;/h3*3-4H,1-2,5-6H2;;. The molecule has 0 atom stereocenters. The van der Waals surface area contributed by atoms with Crippen molar-refractivity contribution in [3.8, 4) is 0 Å². The molecule has 12 radical (unpaired) electrons. The van der Waals surface area contributed by atoms with Crippen LogP contribution in [0.25, 0.3) is 0 Å². The molecule has 0 N–H and O–H groups in total. The molecule has 0 unspecified atom stereocenters. The van der Waals surface area contributed by atoms with Crippen molar-refractivity contribution in [3.63, 3.8) is 0 Å². The Kier molecular flexibility index (Phi) is 67.1. The van der Waals surface area contributed by atoms with Gasteiger partial charge in [-0.25, -0.2) is 0 Å². The van der Waals surface area contributed by atoms with Crippen LogP contribution < -0.4 is 0 Å². The van der Waals surface area contributed by atoms with Crippen LogP contribution in [0.5, 0.6) is 0 Å². The molecule has 0 saturated carbocycles. The SMILES string of the molecule is [CH2][CH]COC[CH][CH2].[CH2][CH]COC[CH][CH2].[CH2][CH]COC[CH][CH2].[Pt].[Pt]. The van der Waals surface area contributed by atoms with Crippen molar-refractivity contribution in [1.29, 1.82) is 0 Å². The van der Waals surface area contributed by atoms with Gasteiger partial charge in [0.2, 0.25) is 0 Å². The summed E-state index contributed by atoms with van der Waals surface area (Å²) >= 11 is 0. The zero-order valence-corrected chi connectivity index (χ0v) is 18.4. The predicted octanol–water partition coefficient (Wildman–Crippen LogP) is 3.23. The Labute approximate surface area is 175 Å². The summed E-state index contributed by atoms with van der Waals surface area (Å²) in [5, 5.41) is 0. The molecule has 0 aromatic rings. The molecule has 0 rings (SSSR count). The van der Waals surface area contributed by atoms with Crippen LogP contribution in [-0.2, 0) is 56.3 Å². The Morgan fingerprint density at radius 1 is 0.391 bits per heavy atom. The first kappa shape index (κ1) is 35.4. The Morgan fingerprint density at radius 2 is 0.522 bits per heavy atom. The largest absolute Gasteiger partial charge is 0.381 e. The number of hydrogen-bond acceptors (Lipinski definition) is 3. The van der Waals surface area contributed by atoms with E-state index in [1.807, 2.05) is 0 Å². The maximum Gasteiger partial charge on any atom is 0.0497 e. The first-order valence-electron chi connectivity index (χ1n) is 6.63. The summed E-state index contributed by atoms with van der Waals surface area (Å²) in [6.07, 6.45) is 10.3. The molecule has 0 aliphatic rings. The minimum atomic E-state index is 0. The first-order chi connectivity index (χ1) is 10.2. The third-order valence-electron chi connectivity index (χ3n) is 1.41. The molecule has 3 nitrogen and oxygen atoms in total. The molecule has 0 bridgehead atoms. The van der Waals surface area contributed by atoms with E-state index in [4.69, 9.17) is 14.2 Å². The smallest absolute Gasteiger partial charge is 0.0497 e. The average Bonchev–Trinajstić information content (AvgIpc) is 2.50. The van der Waals surface area contributed by atoms with Gasteiger partial charge in [0.15, 0.2) is 0 Å². The van der Waals surface area contributed by atoms with Crippen molar-refractivity contribution in [3.05, 3.63) is 80.1 Å². The second kappa shape index (κ2) is 43.6. The van der Waals surface area contributed by atoms with Crippen molar-refractivity contribution in [1.82, 2.24) is 0 Å². The molecule has 0 aromatic carbocycles. The van der Waals surface area contributed by atoms with Crippen LogP contribution in [0.15, 0.2) is 0 Å². The second-order valence-electron chi connectivity index (χ2n) is 3.34. The topological polar surface area (TPSA) is 27.7 Å². The van der Waals surface area contributed by atoms with E-state index in [1.165, 1.54) is 0 Å². The molecule has 0 fully saturated rings. The van der Waals surface area contributed by atoms with E-state index in [-0.39, 0.29) is 42.1 Å². The summed E-state index contributed by atoms with van der Waals surface area (Å²) in [5.74, 6) is 0. The fourth-order valence-corrected chi connectivity index (χ4v) is 0.704. The monoisotopic (exact) mass is 684 g/mol. The molecule has 0 spiro atoms. The van der Waals surface area contributed by atoms with Crippen LogP contribution in [0.4, 0.5) is 0 Å². The molecule has 0 aromatic heterocycles. The third kappa shape index (κ3) is 59.8. The van der Waals surface area contributed by atoms with Crippen molar-refractivity contribution in [2.45, 2.75) is 0 Å². The fourth-order valence-electron chi connectivity index (χ4n) is 0.704. The van der Waals surface area contributed by atoms with E-state index in [1.54, 1.807) is 38.5 Å². The Bertz CT molecular complexity index is 104. The summed E-state index contributed by atoms with van der Waals surface area (Å²) in [6.45, 7) is 24.5. The first-order valence-corrected chi connectivity index (χ1v) is 6.63. The van der Waals surface area contributed by atoms with Gasteiger partial charge in [0.05, 0.1) is 0 Å². The predicted molar refractivity (Wildman–Crippen MR) is 90.4 cm³/mol. The van der Waals surface area contributed by atoms with Gasteiger partial charge < -0.3 is 14.2 Å². The van der Waals surface area contributed by atoms with Gasteiger partial charge in [0.25, 0.3) is 0 Å². The quantitative estimate of drug-likeness (QED) is 0.296. The van der Waals surface area contributed by atoms with Gasteiger partial charge in [0.1, 0.15) is 0 Å². The van der Waals surface area contributed by atoms with Crippen molar-refractivity contribution >= 4 is 0 Å². The summed E-state index contributed by atoms with van der Waals surface area (Å²) < 4.78 is 14.7. The Hall–Kier alpha value is 1.26. The minimum absolute atomic E-state index is 0. The molecule has 0 heterocycles. The number of rotatable bonds is 12. The van der Waals surface area contributed by atoms with Gasteiger partial charge in [-0.1, -0.05) is 0 Å². The Morgan fingerprint density at radius 3 is 0.609 bits per heavy atom. The van der Waals surface area contributed by atoms with Crippen LogP contribution in [0.1, 0.15) is 0 Å². The average molecular weight is 685 g/mol. The molecule has 23 heavy (non-hydrogen) atoms. The van der Waals surface area contributed by atoms with Gasteiger partial charge in [-0.05, 0) is 80.1 Å². The molecule has 0 aliphatic carbocycles. The van der Waals surface area contributed by atoms with E-state index < -0.39 is 0 Å². The van der Waals surface area contributed by atoms with Gasteiger partial charge in [-0.2, -0.15) is 0 Å². The Balaban J connectivity index is -0.0000000675. The molecular weight excluding hydrogens is 654 g/mol. The van der Waals surface area contributed by atoms with Crippen molar-refractivity contribution < 1.29 is 56.3 Å². The van der Waals surface area contributed by atoms with Gasteiger partial charge >= 0.3 is 0 Å².